The van der Waals surface area contributed by atoms with Crippen molar-refractivity contribution in [1.29, 1.82) is 0 Å². The molecule has 0 atom stereocenters. The summed E-state index contributed by atoms with van der Waals surface area (Å²) >= 11 is 3.21. The molecule has 0 saturated carbocycles. The lowest BCUT2D eigenvalue weighted by atomic mass is 10.00. The van der Waals surface area contributed by atoms with Gasteiger partial charge in [-0.15, -0.1) is 0 Å². The quantitative estimate of drug-likeness (QED) is 0.0755. The molecule has 6 N–H and O–H groups in total. The fourth-order valence-electron chi connectivity index (χ4n) is 6.82. The van der Waals surface area contributed by atoms with E-state index in [1.807, 2.05) is 12.2 Å². The van der Waals surface area contributed by atoms with Crippen molar-refractivity contribution in [1.82, 2.24) is 30.6 Å². The zero-order chi connectivity index (χ0) is 38.8. The molecule has 0 radical (unpaired) electrons. The third kappa shape index (κ3) is 9.65. The first-order valence-corrected chi connectivity index (χ1v) is 20.7. The molecule has 8 bridgehead atoms. The number of allylic oxidation sites excluding steroid dienone is 5. The van der Waals surface area contributed by atoms with Crippen LogP contribution < -0.4 is 10.6 Å². The Kier molecular flexibility index (Phi) is 14.6. The maximum atomic E-state index is 13.0. The molecule has 0 saturated heterocycles. The summed E-state index contributed by atoms with van der Waals surface area (Å²) in [4.78, 5) is 43.4. The van der Waals surface area contributed by atoms with Crippen molar-refractivity contribution in [3.63, 3.8) is 0 Å². The smallest absolute Gasteiger partial charge is 0.220 e. The molecule has 2 amide bonds. The van der Waals surface area contributed by atoms with E-state index in [9.17, 15) is 9.59 Å². The van der Waals surface area contributed by atoms with Gasteiger partial charge in [-0.3, -0.25) is 9.59 Å². The topological polar surface area (TPSA) is 156 Å². The van der Waals surface area contributed by atoms with E-state index in [-0.39, 0.29) is 25.0 Å². The van der Waals surface area contributed by atoms with Crippen LogP contribution in [0.5, 0.6) is 0 Å². The maximum absolute atomic E-state index is 13.0. The predicted octanol–water partition coefficient (Wildman–Crippen LogP) is 7.02. The Morgan fingerprint density at radius 1 is 0.685 bits per heavy atom. The first-order chi connectivity index (χ1) is 26.1. The molecule has 3 aromatic heterocycles. The van der Waals surface area contributed by atoms with Gasteiger partial charge in [-0.1, -0.05) is 25.3 Å². The van der Waals surface area contributed by atoms with E-state index < -0.39 is 0 Å². The lowest BCUT2D eigenvalue weighted by molar-refractivity contribution is -0.121. The molecule has 0 aliphatic carbocycles. The number of aliphatic hydroxyl groups excluding tert-OH is 2. The highest BCUT2D eigenvalue weighted by Gasteiger charge is 2.21. The molecule has 54 heavy (non-hydrogen) atoms. The summed E-state index contributed by atoms with van der Waals surface area (Å²) in [6.07, 6.45) is 5.33. The summed E-state index contributed by atoms with van der Waals surface area (Å²) in [5.74, 6) is 2.72. The highest BCUT2D eigenvalue weighted by Crippen LogP contribution is 2.36. The van der Waals surface area contributed by atoms with Crippen LogP contribution in [0.1, 0.15) is 78.1 Å². The zero-order valence-corrected chi connectivity index (χ0v) is 33.4. The number of nitrogens with zero attached hydrogens (tertiary/aromatic N) is 2. The molecular weight excluding hydrogens is 717 g/mol. The Morgan fingerprint density at radius 2 is 1.22 bits per heavy atom. The van der Waals surface area contributed by atoms with E-state index >= 15 is 0 Å². The second-order valence-electron chi connectivity index (χ2n) is 13.3. The van der Waals surface area contributed by atoms with Crippen LogP contribution >= 0.6 is 23.5 Å². The summed E-state index contributed by atoms with van der Waals surface area (Å²) in [6.45, 7) is 17.8. The third-order valence-corrected chi connectivity index (χ3v) is 11.8. The average molecular weight is 769 g/mol. The second-order valence-corrected chi connectivity index (χ2v) is 15.8. The van der Waals surface area contributed by atoms with Gasteiger partial charge < -0.3 is 30.8 Å². The van der Waals surface area contributed by atoms with Gasteiger partial charge in [0.2, 0.25) is 11.8 Å². The lowest BCUT2D eigenvalue weighted by Gasteiger charge is -2.07. The number of carbonyl (C=O) groups is 2. The van der Waals surface area contributed by atoms with Crippen molar-refractivity contribution in [2.75, 3.05) is 49.3 Å². The van der Waals surface area contributed by atoms with Crippen LogP contribution in [-0.4, -0.2) is 91.3 Å². The molecule has 0 fully saturated rings. The van der Waals surface area contributed by atoms with Crippen LogP contribution in [-0.2, 0) is 16.0 Å². The predicted molar refractivity (Wildman–Crippen MR) is 228 cm³/mol. The van der Waals surface area contributed by atoms with Gasteiger partial charge in [0, 0.05) is 82.1 Å². The first kappa shape index (κ1) is 40.8. The van der Waals surface area contributed by atoms with Gasteiger partial charge in [0.15, 0.2) is 0 Å². The largest absolute Gasteiger partial charge is 0.396 e. The highest BCUT2D eigenvalue weighted by atomic mass is 32.2. The molecule has 12 heteroatoms. The molecule has 2 aliphatic heterocycles. The lowest BCUT2D eigenvalue weighted by Crippen LogP contribution is -2.26. The molecule has 2 aliphatic rings. The van der Waals surface area contributed by atoms with Crippen LogP contribution in [0, 0.1) is 13.8 Å². The van der Waals surface area contributed by atoms with Crippen molar-refractivity contribution >= 4 is 85.8 Å². The summed E-state index contributed by atoms with van der Waals surface area (Å²) in [5, 5.41) is 24.1. The zero-order valence-electron chi connectivity index (χ0n) is 31.8. The van der Waals surface area contributed by atoms with Gasteiger partial charge in [-0.25, -0.2) is 9.97 Å². The minimum Gasteiger partial charge on any atom is -0.396 e. The van der Waals surface area contributed by atoms with Crippen molar-refractivity contribution in [2.24, 2.45) is 0 Å². The molecular formula is C42H52N6O4S2. The number of amides is 2. The number of nitrogens with one attached hydrogen (secondary N) is 4. The Balaban J connectivity index is 1.65. The van der Waals surface area contributed by atoms with E-state index in [1.165, 1.54) is 0 Å². The number of aromatic nitrogens is 4. The molecule has 0 aromatic carbocycles. The van der Waals surface area contributed by atoms with Crippen molar-refractivity contribution in [2.45, 2.75) is 53.4 Å². The van der Waals surface area contributed by atoms with Gasteiger partial charge in [0.1, 0.15) is 0 Å². The second kappa shape index (κ2) is 19.3. The minimum atomic E-state index is -0.0325. The maximum Gasteiger partial charge on any atom is 0.220 e. The summed E-state index contributed by atoms with van der Waals surface area (Å²) in [5.41, 5.74) is 14.8. The van der Waals surface area contributed by atoms with Crippen LogP contribution in [0.15, 0.2) is 43.5 Å². The van der Waals surface area contributed by atoms with Gasteiger partial charge >= 0.3 is 0 Å². The Labute approximate surface area is 326 Å². The number of fused-ring (bicyclic) bond motifs is 8. The van der Waals surface area contributed by atoms with Crippen molar-refractivity contribution in [3.8, 4) is 0 Å². The SMILES string of the molecule is C=CC1=C(C)c2cc3[nH]c(cc4nc(cc5[nH]c(cc1n2)c(C)c5CCC(=O)NCCSCCO)C(CCC(=O)NCCSCCO)=C4C)c(C)c3C=C. The van der Waals surface area contributed by atoms with Crippen LogP contribution in [0.3, 0.4) is 0 Å². The summed E-state index contributed by atoms with van der Waals surface area (Å²) in [7, 11) is 0. The fourth-order valence-corrected chi connectivity index (χ4v) is 7.98. The van der Waals surface area contributed by atoms with E-state index in [0.29, 0.717) is 50.3 Å². The number of H-pyrrole nitrogens is 2. The highest BCUT2D eigenvalue weighted by molar-refractivity contribution is 7.99. The first-order valence-electron chi connectivity index (χ1n) is 18.4. The van der Waals surface area contributed by atoms with Crippen LogP contribution in [0.4, 0.5) is 0 Å². The van der Waals surface area contributed by atoms with E-state index in [4.69, 9.17) is 20.2 Å². The standard InChI is InChI=1S/C42H52N6O4S2/c1-7-29-25(3)33-21-34-27(5)31(9-11-41(51)43-13-17-53-19-15-49)39(47-34)24-40-32(10-12-42(52)44-14-18-54-20-16-50)28(6)36(48-40)23-38-30(8-2)26(4)35(46-38)22-37(29)45-33/h7-8,21-24,45,48-50H,1-2,9-20H2,3-6H3,(H,43,51)(H,44,52). The molecule has 0 unspecified atom stereocenters. The molecule has 5 heterocycles. The van der Waals surface area contributed by atoms with Gasteiger partial charge in [0.05, 0.1) is 36.0 Å². The van der Waals surface area contributed by atoms with Gasteiger partial charge in [0.25, 0.3) is 0 Å². The van der Waals surface area contributed by atoms with E-state index in [0.717, 1.165) is 101 Å². The van der Waals surface area contributed by atoms with E-state index in [1.54, 1.807) is 23.5 Å². The Morgan fingerprint density at radius 3 is 1.85 bits per heavy atom. The minimum absolute atomic E-state index is 0.0301. The van der Waals surface area contributed by atoms with Crippen molar-refractivity contribution < 1.29 is 19.8 Å². The normalized spacial score (nSPS) is 12.7. The molecule has 0 spiro atoms. The Bertz CT molecular complexity index is 2150. The van der Waals surface area contributed by atoms with Gasteiger partial charge in [-0.2, -0.15) is 23.5 Å². The summed E-state index contributed by atoms with van der Waals surface area (Å²) in [6, 6.07) is 8.23. The van der Waals surface area contributed by atoms with Crippen LogP contribution in [0.2, 0.25) is 0 Å². The van der Waals surface area contributed by atoms with Gasteiger partial charge in [-0.05, 0) is 98.2 Å². The van der Waals surface area contributed by atoms with E-state index in [2.05, 4.69) is 85.7 Å². The summed E-state index contributed by atoms with van der Waals surface area (Å²) < 4.78 is 0. The number of thioether (sulfide) groups is 2. The molecule has 3 aromatic rings. The Hall–Kier alpha value is -4.36. The van der Waals surface area contributed by atoms with Crippen molar-refractivity contribution in [3.05, 3.63) is 88.5 Å². The fraction of sp³-hybridized carbons (Fsp3) is 0.381. The van der Waals surface area contributed by atoms with Crippen LogP contribution in [0.25, 0.3) is 50.4 Å². The molecule has 286 valence electrons. The number of rotatable bonds is 18. The number of hydrogen-bond acceptors (Lipinski definition) is 8. The number of carbonyl (C=O) groups excluding carboxylic acids is 2. The number of aromatic amines is 2. The number of hydrogen-bond donors (Lipinski definition) is 6. The number of aryl methyl sites for hydroxylation is 3. The monoisotopic (exact) mass is 768 g/mol. The number of aliphatic hydroxyl groups is 2. The molecule has 5 rings (SSSR count). The average Bonchev–Trinajstić information content (AvgIpc) is 3.82. The third-order valence-electron chi connectivity index (χ3n) is 9.86. The molecule has 10 nitrogen and oxygen atoms in total.